The largest absolute Gasteiger partial charge is 0.494 e. The van der Waals surface area contributed by atoms with E-state index in [0.29, 0.717) is 66.7 Å². The molecule has 9 heteroatoms. The molecule has 35 heavy (non-hydrogen) atoms. The van der Waals surface area contributed by atoms with Crippen LogP contribution in [0.2, 0.25) is 0 Å². The van der Waals surface area contributed by atoms with Crippen molar-refractivity contribution in [1.82, 2.24) is 4.98 Å². The molecular weight excluding hydrogens is 468 g/mol. The van der Waals surface area contributed by atoms with E-state index >= 15 is 0 Å². The van der Waals surface area contributed by atoms with E-state index in [1.807, 2.05) is 39.0 Å². The van der Waals surface area contributed by atoms with Crippen molar-refractivity contribution in [3.8, 4) is 23.0 Å². The van der Waals surface area contributed by atoms with Crippen molar-refractivity contribution in [2.75, 3.05) is 45.0 Å². The molecule has 8 nitrogen and oxygen atoms in total. The summed E-state index contributed by atoms with van der Waals surface area (Å²) in [5, 5.41) is 0.592. The number of thiazole rings is 1. The van der Waals surface area contributed by atoms with Crippen LogP contribution < -0.4 is 23.8 Å². The maximum Gasteiger partial charge on any atom is 0.260 e. The SMILES string of the molecule is CCOc1cc(C(=O)N(CC2CCCO2)c2nc3c(OC)cccc3s2)cc(OCC)c1OCC. The second kappa shape index (κ2) is 11.6. The number of methoxy groups -OCH3 is 1. The Morgan fingerprint density at radius 3 is 2.40 bits per heavy atom. The predicted octanol–water partition coefficient (Wildman–Crippen LogP) is 5.33. The van der Waals surface area contributed by atoms with Crippen LogP contribution in [-0.2, 0) is 4.74 Å². The van der Waals surface area contributed by atoms with Crippen molar-refractivity contribution >= 4 is 32.6 Å². The molecule has 1 amide bonds. The van der Waals surface area contributed by atoms with E-state index < -0.39 is 0 Å². The van der Waals surface area contributed by atoms with Crippen LogP contribution in [0.15, 0.2) is 30.3 Å². The number of carbonyl (C=O) groups excluding carboxylic acids is 1. The normalized spacial score (nSPS) is 15.3. The van der Waals surface area contributed by atoms with Crippen LogP contribution in [0, 0.1) is 0 Å². The number of benzene rings is 2. The molecule has 3 aromatic rings. The van der Waals surface area contributed by atoms with Crippen LogP contribution in [-0.4, -0.2) is 57.1 Å². The van der Waals surface area contributed by atoms with Crippen LogP contribution in [0.25, 0.3) is 10.2 Å². The zero-order chi connectivity index (χ0) is 24.8. The van der Waals surface area contributed by atoms with Gasteiger partial charge < -0.3 is 23.7 Å². The minimum absolute atomic E-state index is 0.0479. The first kappa shape index (κ1) is 25.1. The third kappa shape index (κ3) is 5.46. The maximum atomic E-state index is 14.0. The fourth-order valence-corrected chi connectivity index (χ4v) is 5.09. The number of hydrogen-bond donors (Lipinski definition) is 0. The summed E-state index contributed by atoms with van der Waals surface area (Å²) < 4.78 is 29.8. The average molecular weight is 501 g/mol. The van der Waals surface area contributed by atoms with E-state index in [9.17, 15) is 4.79 Å². The van der Waals surface area contributed by atoms with Crippen molar-refractivity contribution in [2.45, 2.75) is 39.7 Å². The Labute approximate surface area is 209 Å². The Morgan fingerprint density at radius 1 is 1.09 bits per heavy atom. The highest BCUT2D eigenvalue weighted by Gasteiger charge is 2.29. The maximum absolute atomic E-state index is 14.0. The highest BCUT2D eigenvalue weighted by Crippen LogP contribution is 2.41. The quantitative estimate of drug-likeness (QED) is 0.352. The Morgan fingerprint density at radius 2 is 1.80 bits per heavy atom. The number of carbonyl (C=O) groups is 1. The number of aromatic nitrogens is 1. The smallest absolute Gasteiger partial charge is 0.260 e. The second-order valence-electron chi connectivity index (χ2n) is 7.95. The highest BCUT2D eigenvalue weighted by atomic mass is 32.1. The number of nitrogens with zero attached hydrogens (tertiary/aromatic N) is 2. The average Bonchev–Trinajstić information content (AvgIpc) is 3.53. The van der Waals surface area contributed by atoms with Gasteiger partial charge in [-0.05, 0) is 57.9 Å². The van der Waals surface area contributed by atoms with Gasteiger partial charge in [-0.3, -0.25) is 9.69 Å². The topological polar surface area (TPSA) is 79.4 Å². The molecule has 1 aliphatic heterocycles. The number of ether oxygens (including phenoxy) is 5. The summed E-state index contributed by atoms with van der Waals surface area (Å²) in [6, 6.07) is 9.20. The highest BCUT2D eigenvalue weighted by molar-refractivity contribution is 7.22. The molecule has 0 aliphatic carbocycles. The predicted molar refractivity (Wildman–Crippen MR) is 137 cm³/mol. The standard InChI is InChI=1S/C26H32N2O6S/c1-5-31-20-14-17(15-21(32-6-2)24(20)33-7-3)25(29)28(16-18-10-9-13-34-18)26-27-23-19(30-4)11-8-12-22(23)35-26/h8,11-12,14-15,18H,5-7,9-10,13,16H2,1-4H3. The number of para-hydroxylation sites is 1. The monoisotopic (exact) mass is 500 g/mol. The van der Waals surface area contributed by atoms with Crippen molar-refractivity contribution in [3.05, 3.63) is 35.9 Å². The van der Waals surface area contributed by atoms with E-state index in [2.05, 4.69) is 0 Å². The van der Waals surface area contributed by atoms with Gasteiger partial charge in [-0.2, -0.15) is 0 Å². The number of amides is 1. The minimum Gasteiger partial charge on any atom is -0.494 e. The molecule has 2 heterocycles. The van der Waals surface area contributed by atoms with Crippen molar-refractivity contribution < 1.29 is 28.5 Å². The summed E-state index contributed by atoms with van der Waals surface area (Å²) >= 11 is 1.45. The second-order valence-corrected chi connectivity index (χ2v) is 8.96. The Hall–Kier alpha value is -3.04. The lowest BCUT2D eigenvalue weighted by Gasteiger charge is -2.24. The molecule has 1 atom stereocenters. The molecule has 0 saturated carbocycles. The summed E-state index contributed by atoms with van der Waals surface area (Å²) in [5.41, 5.74) is 1.17. The van der Waals surface area contributed by atoms with Crippen molar-refractivity contribution in [3.63, 3.8) is 0 Å². The first-order chi connectivity index (χ1) is 17.1. The first-order valence-electron chi connectivity index (χ1n) is 12.0. The summed E-state index contributed by atoms with van der Waals surface area (Å²) in [6.07, 6.45) is 1.83. The lowest BCUT2D eigenvalue weighted by molar-refractivity contribution is 0.0916. The molecule has 1 unspecified atom stereocenters. The van der Waals surface area contributed by atoms with Crippen LogP contribution in [0.3, 0.4) is 0 Å². The van der Waals surface area contributed by atoms with Gasteiger partial charge in [0.1, 0.15) is 11.3 Å². The third-order valence-electron chi connectivity index (χ3n) is 5.63. The third-order valence-corrected chi connectivity index (χ3v) is 6.68. The van der Waals surface area contributed by atoms with E-state index in [1.54, 1.807) is 24.1 Å². The fourth-order valence-electron chi connectivity index (χ4n) is 4.10. The van der Waals surface area contributed by atoms with Gasteiger partial charge in [-0.1, -0.05) is 17.4 Å². The summed E-state index contributed by atoms with van der Waals surface area (Å²) in [5.74, 6) is 1.93. The molecule has 0 spiro atoms. The Balaban J connectivity index is 1.78. The molecule has 1 aliphatic rings. The van der Waals surface area contributed by atoms with Gasteiger partial charge in [-0.25, -0.2) is 4.98 Å². The molecule has 1 fully saturated rings. The van der Waals surface area contributed by atoms with E-state index in [4.69, 9.17) is 28.7 Å². The van der Waals surface area contributed by atoms with E-state index in [1.165, 1.54) is 11.3 Å². The molecule has 0 radical (unpaired) electrons. The van der Waals surface area contributed by atoms with E-state index in [-0.39, 0.29) is 12.0 Å². The van der Waals surface area contributed by atoms with Crippen molar-refractivity contribution in [2.24, 2.45) is 0 Å². The summed E-state index contributed by atoms with van der Waals surface area (Å²) in [7, 11) is 1.62. The van der Waals surface area contributed by atoms with Crippen molar-refractivity contribution in [1.29, 1.82) is 0 Å². The van der Waals surface area contributed by atoms with Gasteiger partial charge in [0.15, 0.2) is 16.6 Å². The molecule has 188 valence electrons. The molecule has 0 N–H and O–H groups in total. The number of anilines is 1. The molecule has 1 saturated heterocycles. The van der Waals surface area contributed by atoms with Gasteiger partial charge in [0.2, 0.25) is 5.75 Å². The summed E-state index contributed by atoms with van der Waals surface area (Å²) in [6.45, 7) is 8.10. The zero-order valence-corrected chi connectivity index (χ0v) is 21.5. The van der Waals surface area contributed by atoms with Gasteiger partial charge in [0.25, 0.3) is 5.91 Å². The molecule has 0 bridgehead atoms. The summed E-state index contributed by atoms with van der Waals surface area (Å²) in [4.78, 5) is 20.5. The molecule has 4 rings (SSSR count). The van der Waals surface area contributed by atoms with Crippen LogP contribution in [0.4, 0.5) is 5.13 Å². The Bertz CT molecular complexity index is 1130. The molecule has 1 aromatic heterocycles. The van der Waals surface area contributed by atoms with Crippen LogP contribution in [0.1, 0.15) is 44.0 Å². The number of rotatable bonds is 11. The Kier molecular flexibility index (Phi) is 8.30. The fraction of sp³-hybridized carbons (Fsp3) is 0.462. The minimum atomic E-state index is -0.205. The van der Waals surface area contributed by atoms with Gasteiger partial charge in [0, 0.05) is 12.2 Å². The first-order valence-corrected chi connectivity index (χ1v) is 12.8. The number of fused-ring (bicyclic) bond motifs is 1. The van der Waals surface area contributed by atoms with E-state index in [0.717, 1.165) is 23.1 Å². The van der Waals surface area contributed by atoms with Gasteiger partial charge >= 0.3 is 0 Å². The van der Waals surface area contributed by atoms with Gasteiger partial charge in [-0.15, -0.1) is 0 Å². The zero-order valence-electron chi connectivity index (χ0n) is 20.7. The molecule has 2 aromatic carbocycles. The number of hydrogen-bond acceptors (Lipinski definition) is 8. The van der Waals surface area contributed by atoms with Crippen LogP contribution in [0.5, 0.6) is 23.0 Å². The lowest BCUT2D eigenvalue weighted by atomic mass is 10.1. The lowest BCUT2D eigenvalue weighted by Crippen LogP contribution is -2.37. The van der Waals surface area contributed by atoms with Gasteiger partial charge in [0.05, 0.1) is 44.3 Å². The molecular formula is C26H32N2O6S. The van der Waals surface area contributed by atoms with Crippen LogP contribution >= 0.6 is 11.3 Å².